The summed E-state index contributed by atoms with van der Waals surface area (Å²) in [5.41, 5.74) is 2.02. The second-order valence-electron chi connectivity index (χ2n) is 6.27. The summed E-state index contributed by atoms with van der Waals surface area (Å²) < 4.78 is 7.31. The van der Waals surface area contributed by atoms with Crippen LogP contribution >= 0.6 is 11.8 Å². The highest BCUT2D eigenvalue weighted by molar-refractivity contribution is 7.98. The van der Waals surface area contributed by atoms with Crippen LogP contribution in [-0.2, 0) is 12.3 Å². The fourth-order valence-corrected chi connectivity index (χ4v) is 3.95. The number of benzene rings is 1. The van der Waals surface area contributed by atoms with E-state index >= 15 is 0 Å². The first kappa shape index (κ1) is 16.4. The zero-order valence-corrected chi connectivity index (χ0v) is 15.1. The average molecular weight is 355 g/mol. The minimum atomic E-state index is 0.714. The van der Waals surface area contributed by atoms with Gasteiger partial charge in [0.25, 0.3) is 0 Å². The second kappa shape index (κ2) is 7.41. The van der Waals surface area contributed by atoms with Crippen molar-refractivity contribution in [3.8, 4) is 5.69 Å². The number of thioether (sulfide) groups is 1. The Hall–Kier alpha value is -2.12. The summed E-state index contributed by atoms with van der Waals surface area (Å²) in [6, 6.07) is 12.3. The lowest BCUT2D eigenvalue weighted by molar-refractivity contribution is 0.319. The van der Waals surface area contributed by atoms with Crippen LogP contribution in [0.4, 0.5) is 0 Å². The van der Waals surface area contributed by atoms with Crippen molar-refractivity contribution in [3.63, 3.8) is 0 Å². The van der Waals surface area contributed by atoms with Gasteiger partial charge in [0.2, 0.25) is 0 Å². The largest absolute Gasteiger partial charge is 0.361 e. The van der Waals surface area contributed by atoms with Crippen molar-refractivity contribution in [2.24, 2.45) is 0 Å². The zero-order chi connectivity index (χ0) is 17.1. The van der Waals surface area contributed by atoms with Gasteiger partial charge in [-0.15, -0.1) is 10.2 Å². The topological polar surface area (TPSA) is 60.0 Å². The van der Waals surface area contributed by atoms with E-state index in [0.717, 1.165) is 47.8 Å². The molecular weight excluding hydrogens is 334 g/mol. The van der Waals surface area contributed by atoms with Crippen LogP contribution in [0.2, 0.25) is 0 Å². The predicted octanol–water partition coefficient (Wildman–Crippen LogP) is 3.45. The highest BCUT2D eigenvalue weighted by Crippen LogP contribution is 2.26. The van der Waals surface area contributed by atoms with Gasteiger partial charge in [0, 0.05) is 17.5 Å². The highest BCUT2D eigenvalue weighted by atomic mass is 32.2. The lowest BCUT2D eigenvalue weighted by Crippen LogP contribution is -2.21. The number of para-hydroxylation sites is 1. The minimum Gasteiger partial charge on any atom is -0.361 e. The molecule has 6 nitrogen and oxygen atoms in total. The summed E-state index contributed by atoms with van der Waals surface area (Å²) in [6.07, 6.45) is 2.54. The Bertz CT molecular complexity index is 823. The van der Waals surface area contributed by atoms with Crippen molar-refractivity contribution in [2.75, 3.05) is 13.1 Å². The van der Waals surface area contributed by atoms with Crippen LogP contribution < -0.4 is 0 Å². The van der Waals surface area contributed by atoms with E-state index in [1.54, 1.807) is 11.8 Å². The molecule has 0 spiro atoms. The molecule has 1 aliphatic heterocycles. The number of nitrogens with zero attached hydrogens (tertiary/aromatic N) is 5. The van der Waals surface area contributed by atoms with Crippen molar-refractivity contribution in [2.45, 2.75) is 37.2 Å². The Balaban J connectivity index is 1.60. The van der Waals surface area contributed by atoms with E-state index in [0.29, 0.717) is 5.75 Å². The first-order chi connectivity index (χ1) is 12.3. The summed E-state index contributed by atoms with van der Waals surface area (Å²) in [7, 11) is 0. The number of aromatic nitrogens is 4. The van der Waals surface area contributed by atoms with E-state index in [-0.39, 0.29) is 0 Å². The quantitative estimate of drug-likeness (QED) is 0.631. The maximum atomic E-state index is 5.15. The third-order valence-electron chi connectivity index (χ3n) is 4.30. The van der Waals surface area contributed by atoms with Gasteiger partial charge >= 0.3 is 0 Å². The summed E-state index contributed by atoms with van der Waals surface area (Å²) in [5, 5.41) is 13.9. The number of aryl methyl sites for hydroxylation is 1. The molecule has 25 heavy (non-hydrogen) atoms. The Labute approximate surface area is 151 Å². The highest BCUT2D eigenvalue weighted by Gasteiger charge is 2.19. The molecule has 0 saturated carbocycles. The minimum absolute atomic E-state index is 0.714. The molecule has 0 N–H and O–H groups in total. The van der Waals surface area contributed by atoms with Gasteiger partial charge < -0.3 is 4.52 Å². The zero-order valence-electron chi connectivity index (χ0n) is 14.3. The summed E-state index contributed by atoms with van der Waals surface area (Å²) >= 11 is 1.64. The molecule has 0 unspecified atom stereocenters. The maximum absolute atomic E-state index is 5.15. The van der Waals surface area contributed by atoms with Crippen molar-refractivity contribution in [3.05, 3.63) is 53.7 Å². The molecule has 1 aliphatic rings. The Morgan fingerprint density at radius 3 is 2.64 bits per heavy atom. The molecule has 0 amide bonds. The van der Waals surface area contributed by atoms with Crippen molar-refractivity contribution in [1.29, 1.82) is 0 Å². The molecule has 3 heterocycles. The molecule has 0 bridgehead atoms. The summed E-state index contributed by atoms with van der Waals surface area (Å²) in [6.45, 7) is 5.03. The molecule has 1 aromatic carbocycles. The van der Waals surface area contributed by atoms with Crippen LogP contribution in [0, 0.1) is 6.92 Å². The van der Waals surface area contributed by atoms with Crippen molar-refractivity contribution >= 4 is 11.8 Å². The molecular formula is C18H21N5OS. The normalized spacial score (nSPS) is 15.1. The molecule has 0 radical (unpaired) electrons. The molecule has 7 heteroatoms. The predicted molar refractivity (Wildman–Crippen MR) is 96.7 cm³/mol. The van der Waals surface area contributed by atoms with Gasteiger partial charge in [-0.1, -0.05) is 35.1 Å². The van der Waals surface area contributed by atoms with E-state index in [4.69, 9.17) is 4.52 Å². The van der Waals surface area contributed by atoms with Gasteiger partial charge in [0.05, 0.1) is 12.2 Å². The molecule has 1 fully saturated rings. The van der Waals surface area contributed by atoms with Crippen LogP contribution in [0.5, 0.6) is 0 Å². The molecule has 2 aromatic heterocycles. The molecule has 4 rings (SSSR count). The average Bonchev–Trinajstić information content (AvgIpc) is 3.36. The van der Waals surface area contributed by atoms with E-state index in [1.807, 2.05) is 31.2 Å². The third kappa shape index (κ3) is 3.77. The summed E-state index contributed by atoms with van der Waals surface area (Å²) in [5.74, 6) is 2.54. The van der Waals surface area contributed by atoms with Crippen molar-refractivity contribution in [1.82, 2.24) is 24.8 Å². The monoisotopic (exact) mass is 355 g/mol. The molecule has 1 saturated heterocycles. The fourth-order valence-electron chi connectivity index (χ4n) is 3.10. The molecule has 0 aliphatic carbocycles. The fraction of sp³-hybridized carbons (Fsp3) is 0.389. The lowest BCUT2D eigenvalue weighted by atomic mass is 10.3. The van der Waals surface area contributed by atoms with Gasteiger partial charge in [-0.2, -0.15) is 0 Å². The second-order valence-corrected chi connectivity index (χ2v) is 7.21. The van der Waals surface area contributed by atoms with E-state index in [2.05, 4.69) is 37.0 Å². The summed E-state index contributed by atoms with van der Waals surface area (Å²) in [4.78, 5) is 2.44. The number of hydrogen-bond donors (Lipinski definition) is 0. The van der Waals surface area contributed by atoms with Crippen LogP contribution in [-0.4, -0.2) is 37.9 Å². The van der Waals surface area contributed by atoms with Gasteiger partial charge in [-0.3, -0.25) is 9.47 Å². The van der Waals surface area contributed by atoms with Gasteiger partial charge in [-0.25, -0.2) is 0 Å². The van der Waals surface area contributed by atoms with Crippen LogP contribution in [0.15, 0.2) is 46.1 Å². The van der Waals surface area contributed by atoms with E-state index in [9.17, 15) is 0 Å². The van der Waals surface area contributed by atoms with Crippen LogP contribution in [0.25, 0.3) is 5.69 Å². The molecule has 3 aromatic rings. The van der Waals surface area contributed by atoms with E-state index in [1.165, 1.54) is 12.8 Å². The maximum Gasteiger partial charge on any atom is 0.196 e. The SMILES string of the molecule is Cc1cc(CSc2nnc(CN3CCCC3)n2-c2ccccc2)no1. The van der Waals surface area contributed by atoms with E-state index < -0.39 is 0 Å². The van der Waals surface area contributed by atoms with Crippen molar-refractivity contribution < 1.29 is 4.52 Å². The lowest BCUT2D eigenvalue weighted by Gasteiger charge is -2.15. The number of rotatable bonds is 6. The Morgan fingerprint density at radius 2 is 1.92 bits per heavy atom. The smallest absolute Gasteiger partial charge is 0.196 e. The van der Waals surface area contributed by atoms with Gasteiger partial charge in [0.15, 0.2) is 11.0 Å². The first-order valence-electron chi connectivity index (χ1n) is 8.56. The molecule has 130 valence electrons. The van der Waals surface area contributed by atoms with Gasteiger partial charge in [0.1, 0.15) is 5.76 Å². The number of likely N-dealkylation sites (tertiary alicyclic amines) is 1. The van der Waals surface area contributed by atoms with Crippen LogP contribution in [0.1, 0.15) is 30.1 Å². The van der Waals surface area contributed by atoms with Gasteiger partial charge in [-0.05, 0) is 45.0 Å². The Kier molecular flexibility index (Phi) is 4.85. The molecule has 0 atom stereocenters. The van der Waals surface area contributed by atoms with Crippen LogP contribution in [0.3, 0.4) is 0 Å². The first-order valence-corrected chi connectivity index (χ1v) is 9.55. The number of hydrogen-bond acceptors (Lipinski definition) is 6. The third-order valence-corrected chi connectivity index (χ3v) is 5.27. The standard InChI is InChI=1S/C18H21N5OS/c1-14-11-15(21-24-14)13-25-18-20-19-17(12-22-9-5-6-10-22)23(18)16-7-3-2-4-8-16/h2-4,7-8,11H,5-6,9-10,12-13H2,1H3. The Morgan fingerprint density at radius 1 is 1.12 bits per heavy atom.